The van der Waals surface area contributed by atoms with E-state index in [0.29, 0.717) is 24.8 Å². The highest BCUT2D eigenvalue weighted by Crippen LogP contribution is 2.55. The minimum absolute atomic E-state index is 0.355. The first-order chi connectivity index (χ1) is 14.6. The minimum Gasteiger partial charge on any atom is -0.408 e. The number of fused-ring (bicyclic) bond motifs is 1. The Labute approximate surface area is 182 Å². The van der Waals surface area contributed by atoms with Gasteiger partial charge in [0.15, 0.2) is 5.75 Å². The number of hydroxylamine groups is 2. The number of nitrogens with two attached hydrogens (primary N) is 2. The van der Waals surface area contributed by atoms with Crippen molar-refractivity contribution in [2.45, 2.75) is 59.0 Å². The zero-order valence-corrected chi connectivity index (χ0v) is 18.5. The molecular weight excluding hydrogens is 396 g/mol. The third-order valence-electron chi connectivity index (χ3n) is 5.89. The summed E-state index contributed by atoms with van der Waals surface area (Å²) in [6.45, 7) is 9.25. The Kier molecular flexibility index (Phi) is 5.21. The second-order valence-corrected chi connectivity index (χ2v) is 9.51. The predicted octanol–water partition coefficient (Wildman–Crippen LogP) is 4.21. The van der Waals surface area contributed by atoms with Gasteiger partial charge in [0, 0.05) is 23.7 Å². The maximum absolute atomic E-state index is 12.0. The smallest absolute Gasteiger partial charge is 0.408 e. The van der Waals surface area contributed by atoms with Crippen LogP contribution in [0.15, 0.2) is 24.3 Å². The molecule has 1 aromatic heterocycles. The highest BCUT2D eigenvalue weighted by atomic mass is 16.7. The lowest BCUT2D eigenvalue weighted by Gasteiger charge is -2.42. The summed E-state index contributed by atoms with van der Waals surface area (Å²) < 4.78 is 7.94. The number of benzene rings is 1. The number of hydrogen-bond acceptors (Lipinski definition) is 5. The van der Waals surface area contributed by atoms with Gasteiger partial charge >= 0.3 is 12.2 Å². The van der Waals surface area contributed by atoms with Crippen molar-refractivity contribution in [3.05, 3.63) is 41.2 Å². The van der Waals surface area contributed by atoms with Gasteiger partial charge in [0.25, 0.3) is 0 Å². The van der Waals surface area contributed by atoms with Crippen LogP contribution in [0.5, 0.6) is 5.75 Å². The van der Waals surface area contributed by atoms with Crippen molar-refractivity contribution in [3.63, 3.8) is 0 Å². The molecule has 1 atom stereocenters. The lowest BCUT2D eigenvalue weighted by molar-refractivity contribution is -0.168. The highest BCUT2D eigenvalue weighted by molar-refractivity contribution is 5.81. The Morgan fingerprint density at radius 3 is 2.32 bits per heavy atom. The minimum atomic E-state index is -0.870. The molecule has 1 aliphatic carbocycles. The van der Waals surface area contributed by atoms with Gasteiger partial charge in [-0.05, 0) is 30.7 Å². The van der Waals surface area contributed by atoms with Crippen molar-refractivity contribution in [1.29, 1.82) is 0 Å². The standard InChI is InChI=1S/C23H30N4O4/c1-13-6-5-7-15(12-13)16-17(14-8-9-14)26-10-11-27(31-22(25)29)20(23(2,3)4)18(26)19(16)30-21(24)28/h5-7,12,14,20H,8-11H2,1-4H3,(H2,24,28)(H2,25,29). The van der Waals surface area contributed by atoms with E-state index < -0.39 is 12.2 Å². The van der Waals surface area contributed by atoms with Gasteiger partial charge in [-0.25, -0.2) is 9.59 Å². The van der Waals surface area contributed by atoms with Gasteiger partial charge in [0.2, 0.25) is 0 Å². The SMILES string of the molecule is Cc1cccc(-c2c(OC(N)=O)c3n(c2C2CC2)CCN(OC(N)=O)C3C(C)(C)C)c1. The first-order valence-corrected chi connectivity index (χ1v) is 10.6. The van der Waals surface area contributed by atoms with Crippen LogP contribution in [0.4, 0.5) is 9.59 Å². The van der Waals surface area contributed by atoms with Crippen LogP contribution in [0.1, 0.15) is 62.5 Å². The molecule has 1 aliphatic heterocycles. The van der Waals surface area contributed by atoms with Crippen LogP contribution in [0.3, 0.4) is 0 Å². The number of hydrogen-bond donors (Lipinski definition) is 2. The lowest BCUT2D eigenvalue weighted by atomic mass is 9.83. The van der Waals surface area contributed by atoms with Gasteiger partial charge in [0.1, 0.15) is 0 Å². The zero-order chi connectivity index (χ0) is 22.5. The number of carbonyl (C=O) groups excluding carboxylic acids is 2. The number of carbonyl (C=O) groups is 2. The van der Waals surface area contributed by atoms with Crippen molar-refractivity contribution in [2.75, 3.05) is 6.54 Å². The monoisotopic (exact) mass is 426 g/mol. The molecule has 1 aromatic carbocycles. The maximum Gasteiger partial charge on any atom is 0.423 e. The number of aryl methyl sites for hydroxylation is 1. The molecule has 8 nitrogen and oxygen atoms in total. The van der Waals surface area contributed by atoms with Crippen LogP contribution in [-0.4, -0.2) is 28.4 Å². The van der Waals surface area contributed by atoms with Gasteiger partial charge in [-0.2, -0.15) is 0 Å². The quantitative estimate of drug-likeness (QED) is 0.760. The molecule has 166 valence electrons. The summed E-state index contributed by atoms with van der Waals surface area (Å²) in [6.07, 6.45) is 0.429. The van der Waals surface area contributed by atoms with E-state index in [4.69, 9.17) is 21.0 Å². The fourth-order valence-electron chi connectivity index (χ4n) is 4.73. The zero-order valence-electron chi connectivity index (χ0n) is 18.5. The fraction of sp³-hybridized carbons (Fsp3) is 0.478. The topological polar surface area (TPSA) is 113 Å². The van der Waals surface area contributed by atoms with E-state index >= 15 is 0 Å². The third kappa shape index (κ3) is 3.99. The van der Waals surface area contributed by atoms with Gasteiger partial charge in [-0.3, -0.25) is 0 Å². The molecule has 8 heteroatoms. The molecule has 0 saturated heterocycles. The average molecular weight is 427 g/mol. The molecule has 4 rings (SSSR count). The van der Waals surface area contributed by atoms with Crippen molar-refractivity contribution < 1.29 is 19.2 Å². The summed E-state index contributed by atoms with van der Waals surface area (Å²) in [7, 11) is 0. The molecule has 2 heterocycles. The van der Waals surface area contributed by atoms with Crippen molar-refractivity contribution in [1.82, 2.24) is 9.63 Å². The normalized spacial score (nSPS) is 19.0. The largest absolute Gasteiger partial charge is 0.423 e. The Bertz CT molecular complexity index is 1030. The molecule has 4 N–H and O–H groups in total. The Morgan fingerprint density at radius 2 is 1.77 bits per heavy atom. The summed E-state index contributed by atoms with van der Waals surface area (Å²) in [5, 5.41) is 1.60. The van der Waals surface area contributed by atoms with E-state index in [0.717, 1.165) is 40.9 Å². The highest BCUT2D eigenvalue weighted by Gasteiger charge is 2.46. The Balaban J connectivity index is 2.01. The first kappa shape index (κ1) is 21.2. The second kappa shape index (κ2) is 7.60. The first-order valence-electron chi connectivity index (χ1n) is 10.6. The number of aromatic nitrogens is 1. The molecule has 31 heavy (non-hydrogen) atoms. The Hall–Kier alpha value is -3.00. The molecule has 1 unspecified atom stereocenters. The molecule has 0 spiro atoms. The van der Waals surface area contributed by atoms with Crippen LogP contribution >= 0.6 is 0 Å². The van der Waals surface area contributed by atoms with E-state index in [1.807, 2.05) is 25.1 Å². The van der Waals surface area contributed by atoms with Crippen LogP contribution in [0, 0.1) is 12.3 Å². The summed E-state index contributed by atoms with van der Waals surface area (Å²) in [6, 6.07) is 7.77. The molecule has 1 saturated carbocycles. The second-order valence-electron chi connectivity index (χ2n) is 9.51. The molecular formula is C23H30N4O4. The van der Waals surface area contributed by atoms with Crippen LogP contribution in [0.25, 0.3) is 11.1 Å². The van der Waals surface area contributed by atoms with Crippen LogP contribution < -0.4 is 16.2 Å². The predicted molar refractivity (Wildman–Crippen MR) is 116 cm³/mol. The summed E-state index contributed by atoms with van der Waals surface area (Å²) >= 11 is 0. The molecule has 0 bridgehead atoms. The third-order valence-corrected chi connectivity index (χ3v) is 5.89. The van der Waals surface area contributed by atoms with E-state index in [2.05, 4.69) is 31.4 Å². The summed E-state index contributed by atoms with van der Waals surface area (Å²) in [5.74, 6) is 0.835. The van der Waals surface area contributed by atoms with Crippen LogP contribution in [0.2, 0.25) is 0 Å². The Morgan fingerprint density at radius 1 is 1.06 bits per heavy atom. The molecule has 2 aromatic rings. The van der Waals surface area contributed by atoms with Crippen molar-refractivity contribution in [3.8, 4) is 16.9 Å². The summed E-state index contributed by atoms with van der Waals surface area (Å²) in [5.41, 5.74) is 15.5. The number of ether oxygens (including phenoxy) is 1. The molecule has 0 radical (unpaired) electrons. The fourth-order valence-corrected chi connectivity index (χ4v) is 4.73. The maximum atomic E-state index is 12.0. The van der Waals surface area contributed by atoms with Gasteiger partial charge in [0.05, 0.1) is 18.3 Å². The molecule has 2 amide bonds. The van der Waals surface area contributed by atoms with Gasteiger partial charge in [-0.1, -0.05) is 50.6 Å². The molecule has 2 aliphatic rings. The van der Waals surface area contributed by atoms with Gasteiger partial charge < -0.3 is 25.6 Å². The lowest BCUT2D eigenvalue weighted by Crippen LogP contribution is -2.46. The van der Waals surface area contributed by atoms with Crippen LogP contribution in [-0.2, 0) is 11.4 Å². The molecule has 1 fully saturated rings. The van der Waals surface area contributed by atoms with Crippen molar-refractivity contribution >= 4 is 12.2 Å². The van der Waals surface area contributed by atoms with Gasteiger partial charge in [-0.15, -0.1) is 5.06 Å². The summed E-state index contributed by atoms with van der Waals surface area (Å²) in [4.78, 5) is 29.0. The average Bonchev–Trinajstić information content (AvgIpc) is 3.43. The van der Waals surface area contributed by atoms with E-state index in [1.54, 1.807) is 5.06 Å². The number of nitrogens with zero attached hydrogens (tertiary/aromatic N) is 2. The van der Waals surface area contributed by atoms with E-state index in [9.17, 15) is 9.59 Å². The number of rotatable bonds is 4. The number of amides is 2. The van der Waals surface area contributed by atoms with E-state index in [-0.39, 0.29) is 11.5 Å². The number of primary amides is 2. The van der Waals surface area contributed by atoms with Crippen molar-refractivity contribution in [2.24, 2.45) is 16.9 Å². The van der Waals surface area contributed by atoms with E-state index in [1.165, 1.54) is 0 Å².